The van der Waals surface area contributed by atoms with Crippen LogP contribution in [0.15, 0.2) is 0 Å². The molecule has 16 heavy (non-hydrogen) atoms. The molecule has 5 heteroatoms. The van der Waals surface area contributed by atoms with Crippen LogP contribution >= 0.6 is 0 Å². The zero-order valence-corrected chi connectivity index (χ0v) is 9.52. The number of nitrogens with one attached hydrogen (secondary N) is 1. The highest BCUT2D eigenvalue weighted by Crippen LogP contribution is 2.24. The molecule has 1 saturated heterocycles. The molecule has 92 valence electrons. The predicted molar refractivity (Wildman–Crippen MR) is 59.1 cm³/mol. The van der Waals surface area contributed by atoms with Crippen LogP contribution in [0.4, 0.5) is 4.79 Å². The third kappa shape index (κ3) is 3.09. The molecular weight excluding hydrogens is 208 g/mol. The Labute approximate surface area is 95.8 Å². The van der Waals surface area contributed by atoms with Gasteiger partial charge in [-0.1, -0.05) is 0 Å². The Morgan fingerprint density at radius 2 is 2.12 bits per heavy atom. The normalized spacial score (nSPS) is 30.4. The van der Waals surface area contributed by atoms with E-state index < -0.39 is 0 Å². The number of rotatable bonds is 2. The molecule has 0 aromatic heterocycles. The summed E-state index contributed by atoms with van der Waals surface area (Å²) in [7, 11) is 0. The summed E-state index contributed by atoms with van der Waals surface area (Å²) in [5.41, 5.74) is 0. The summed E-state index contributed by atoms with van der Waals surface area (Å²) in [5, 5.41) is 12.3. The zero-order chi connectivity index (χ0) is 11.4. The number of hydrogen-bond acceptors (Lipinski definition) is 3. The maximum atomic E-state index is 11.7. The van der Waals surface area contributed by atoms with Crippen LogP contribution < -0.4 is 5.32 Å². The van der Waals surface area contributed by atoms with Gasteiger partial charge in [0.05, 0.1) is 19.3 Å². The van der Waals surface area contributed by atoms with E-state index in [1.54, 1.807) is 4.90 Å². The van der Waals surface area contributed by atoms with E-state index in [-0.39, 0.29) is 12.1 Å². The van der Waals surface area contributed by atoms with E-state index in [1.165, 1.54) is 0 Å². The average Bonchev–Trinajstić information content (AvgIpc) is 2.73. The molecule has 2 amide bonds. The van der Waals surface area contributed by atoms with Gasteiger partial charge in [0.25, 0.3) is 0 Å². The molecular formula is C11H20N2O3. The van der Waals surface area contributed by atoms with Crippen LogP contribution in [-0.2, 0) is 4.74 Å². The highest BCUT2D eigenvalue weighted by atomic mass is 16.5. The largest absolute Gasteiger partial charge is 0.393 e. The molecule has 5 nitrogen and oxygen atoms in total. The third-order valence-corrected chi connectivity index (χ3v) is 3.35. The van der Waals surface area contributed by atoms with Gasteiger partial charge in [-0.05, 0) is 25.2 Å². The van der Waals surface area contributed by atoms with Crippen molar-refractivity contribution in [1.29, 1.82) is 0 Å². The van der Waals surface area contributed by atoms with Gasteiger partial charge in [0, 0.05) is 19.6 Å². The van der Waals surface area contributed by atoms with Crippen molar-refractivity contribution in [3.63, 3.8) is 0 Å². The Balaban J connectivity index is 1.66. The molecule has 0 bridgehead atoms. The standard InChI is InChI=1S/C11H20N2O3/c14-10-2-1-9(7-10)8-12-11(15)13-3-5-16-6-4-13/h9-10,14H,1-8H2,(H,12,15). The first-order chi connectivity index (χ1) is 7.75. The highest BCUT2D eigenvalue weighted by molar-refractivity contribution is 5.74. The van der Waals surface area contributed by atoms with Crippen LogP contribution in [0.1, 0.15) is 19.3 Å². The van der Waals surface area contributed by atoms with Gasteiger partial charge in [-0.2, -0.15) is 0 Å². The first kappa shape index (κ1) is 11.7. The third-order valence-electron chi connectivity index (χ3n) is 3.35. The Bertz CT molecular complexity index is 241. The Morgan fingerprint density at radius 1 is 1.38 bits per heavy atom. The van der Waals surface area contributed by atoms with Crippen molar-refractivity contribution in [3.05, 3.63) is 0 Å². The van der Waals surface area contributed by atoms with Crippen LogP contribution in [0.25, 0.3) is 0 Å². The molecule has 1 aliphatic carbocycles. The smallest absolute Gasteiger partial charge is 0.317 e. The quantitative estimate of drug-likeness (QED) is 0.709. The predicted octanol–water partition coefficient (Wildman–Crippen LogP) is 0.189. The number of amides is 2. The fourth-order valence-corrected chi connectivity index (χ4v) is 2.34. The number of morpholine rings is 1. The lowest BCUT2D eigenvalue weighted by Gasteiger charge is -2.27. The van der Waals surface area contributed by atoms with Gasteiger partial charge in [-0.25, -0.2) is 4.79 Å². The molecule has 0 radical (unpaired) electrons. The fraction of sp³-hybridized carbons (Fsp3) is 0.909. The summed E-state index contributed by atoms with van der Waals surface area (Å²) in [6, 6.07) is 0.00434. The van der Waals surface area contributed by atoms with Gasteiger partial charge in [-0.3, -0.25) is 0 Å². The van der Waals surface area contributed by atoms with Crippen molar-refractivity contribution in [2.75, 3.05) is 32.8 Å². The van der Waals surface area contributed by atoms with Crippen molar-refractivity contribution >= 4 is 6.03 Å². The van der Waals surface area contributed by atoms with Gasteiger partial charge in [0.2, 0.25) is 0 Å². The number of hydrogen-bond donors (Lipinski definition) is 2. The van der Waals surface area contributed by atoms with Crippen LogP contribution in [0, 0.1) is 5.92 Å². The Hall–Kier alpha value is -0.810. The van der Waals surface area contributed by atoms with Crippen molar-refractivity contribution in [2.24, 2.45) is 5.92 Å². The van der Waals surface area contributed by atoms with Crippen LogP contribution in [-0.4, -0.2) is 55.0 Å². The average molecular weight is 228 g/mol. The lowest BCUT2D eigenvalue weighted by atomic mass is 10.1. The monoisotopic (exact) mass is 228 g/mol. The number of carbonyl (C=O) groups is 1. The molecule has 2 fully saturated rings. The van der Waals surface area contributed by atoms with Crippen LogP contribution in [0.5, 0.6) is 0 Å². The molecule has 1 saturated carbocycles. The van der Waals surface area contributed by atoms with Crippen molar-refractivity contribution in [3.8, 4) is 0 Å². The van der Waals surface area contributed by atoms with E-state index in [9.17, 15) is 9.90 Å². The number of ether oxygens (including phenoxy) is 1. The molecule has 2 aliphatic rings. The molecule has 0 spiro atoms. The van der Waals surface area contributed by atoms with Gasteiger partial charge in [0.1, 0.15) is 0 Å². The minimum absolute atomic E-state index is 0.00434. The molecule has 2 rings (SSSR count). The first-order valence-electron chi connectivity index (χ1n) is 6.04. The topological polar surface area (TPSA) is 61.8 Å². The van der Waals surface area contributed by atoms with Gasteiger partial charge >= 0.3 is 6.03 Å². The lowest BCUT2D eigenvalue weighted by Crippen LogP contribution is -2.47. The minimum Gasteiger partial charge on any atom is -0.393 e. The molecule has 0 aromatic carbocycles. The molecule has 0 aromatic rings. The minimum atomic E-state index is -0.162. The van der Waals surface area contributed by atoms with Gasteiger partial charge in [-0.15, -0.1) is 0 Å². The lowest BCUT2D eigenvalue weighted by molar-refractivity contribution is 0.0529. The molecule has 2 N–H and O–H groups in total. The fourth-order valence-electron chi connectivity index (χ4n) is 2.34. The summed E-state index contributed by atoms with van der Waals surface area (Å²) in [5.74, 6) is 0.444. The summed E-state index contributed by atoms with van der Waals surface area (Å²) in [4.78, 5) is 13.5. The summed E-state index contributed by atoms with van der Waals surface area (Å²) in [6.07, 6.45) is 2.55. The van der Waals surface area contributed by atoms with Crippen LogP contribution in [0.2, 0.25) is 0 Å². The number of urea groups is 1. The summed E-state index contributed by atoms with van der Waals surface area (Å²) >= 11 is 0. The summed E-state index contributed by atoms with van der Waals surface area (Å²) < 4.78 is 5.19. The SMILES string of the molecule is O=C(NCC1CCC(O)C1)N1CCOCC1. The van der Waals surface area contributed by atoms with E-state index in [0.29, 0.717) is 38.8 Å². The van der Waals surface area contributed by atoms with Crippen LogP contribution in [0.3, 0.4) is 0 Å². The number of aliphatic hydroxyl groups excluding tert-OH is 1. The second kappa shape index (κ2) is 5.50. The summed E-state index contributed by atoms with van der Waals surface area (Å²) in [6.45, 7) is 3.32. The maximum Gasteiger partial charge on any atom is 0.317 e. The van der Waals surface area contributed by atoms with E-state index in [4.69, 9.17) is 4.74 Å². The number of aliphatic hydroxyl groups is 1. The van der Waals surface area contributed by atoms with Crippen molar-refractivity contribution in [1.82, 2.24) is 10.2 Å². The highest BCUT2D eigenvalue weighted by Gasteiger charge is 2.24. The molecule has 1 aliphatic heterocycles. The number of nitrogens with zero attached hydrogens (tertiary/aromatic N) is 1. The first-order valence-corrected chi connectivity index (χ1v) is 6.04. The molecule has 2 unspecified atom stereocenters. The Kier molecular flexibility index (Phi) is 4.01. The second-order valence-corrected chi connectivity index (χ2v) is 4.62. The maximum absolute atomic E-state index is 11.7. The van der Waals surface area contributed by atoms with Crippen molar-refractivity contribution < 1.29 is 14.6 Å². The molecule has 2 atom stereocenters. The zero-order valence-electron chi connectivity index (χ0n) is 9.52. The van der Waals surface area contributed by atoms with Crippen molar-refractivity contribution in [2.45, 2.75) is 25.4 Å². The van der Waals surface area contributed by atoms with E-state index in [1.807, 2.05) is 0 Å². The number of carbonyl (C=O) groups excluding carboxylic acids is 1. The second-order valence-electron chi connectivity index (χ2n) is 4.62. The van der Waals surface area contributed by atoms with E-state index in [2.05, 4.69) is 5.32 Å². The molecule has 1 heterocycles. The Morgan fingerprint density at radius 3 is 2.75 bits per heavy atom. The van der Waals surface area contributed by atoms with E-state index >= 15 is 0 Å². The van der Waals surface area contributed by atoms with Gasteiger partial charge in [0.15, 0.2) is 0 Å². The van der Waals surface area contributed by atoms with Gasteiger partial charge < -0.3 is 20.1 Å². The van der Waals surface area contributed by atoms with E-state index in [0.717, 1.165) is 19.3 Å².